The van der Waals surface area contributed by atoms with Gasteiger partial charge in [0.25, 0.3) is 0 Å². The van der Waals surface area contributed by atoms with Crippen LogP contribution in [0.25, 0.3) is 16.3 Å². The predicted octanol–water partition coefficient (Wildman–Crippen LogP) is 1.44. The van der Waals surface area contributed by atoms with Gasteiger partial charge in [-0.3, -0.25) is 4.79 Å². The van der Waals surface area contributed by atoms with Crippen molar-refractivity contribution >= 4 is 34.7 Å². The highest BCUT2D eigenvalue weighted by Crippen LogP contribution is 2.25. The summed E-state index contributed by atoms with van der Waals surface area (Å²) < 4.78 is 1.69. The average Bonchev–Trinajstić information content (AvgIpc) is 3.20. The maximum absolute atomic E-state index is 11.9. The average molecular weight is 349 g/mol. The molecule has 1 amide bonds. The first-order valence-corrected chi connectivity index (χ1v) is 8.76. The van der Waals surface area contributed by atoms with Gasteiger partial charge >= 0.3 is 0 Å². The molecule has 0 aliphatic carbocycles. The van der Waals surface area contributed by atoms with E-state index in [-0.39, 0.29) is 24.3 Å². The molecule has 0 radical (unpaired) electrons. The molecule has 0 aliphatic rings. The molecule has 2 N–H and O–H groups in total. The Morgan fingerprint density at radius 3 is 3.04 bits per heavy atom. The molecule has 0 spiro atoms. The molecule has 9 heteroatoms. The van der Waals surface area contributed by atoms with Crippen LogP contribution in [0.1, 0.15) is 6.92 Å². The maximum Gasteiger partial charge on any atom is 0.233 e. The van der Waals surface area contributed by atoms with E-state index in [1.807, 2.05) is 29.6 Å². The summed E-state index contributed by atoms with van der Waals surface area (Å²) in [6, 6.07) is 7.57. The fourth-order valence-electron chi connectivity index (χ4n) is 1.95. The van der Waals surface area contributed by atoms with Crippen molar-refractivity contribution in [2.24, 2.45) is 0 Å². The number of aliphatic hydroxyl groups is 1. The van der Waals surface area contributed by atoms with Crippen molar-refractivity contribution in [1.82, 2.24) is 25.1 Å². The van der Waals surface area contributed by atoms with E-state index in [0.29, 0.717) is 16.5 Å². The number of aromatic nitrogens is 4. The molecule has 120 valence electrons. The van der Waals surface area contributed by atoms with Crippen LogP contribution in [0.2, 0.25) is 0 Å². The number of amides is 1. The molecule has 0 fully saturated rings. The second-order valence-corrected chi connectivity index (χ2v) is 7.03. The normalized spacial score (nSPS) is 12.4. The summed E-state index contributed by atoms with van der Waals surface area (Å²) in [6.45, 7) is 1.98. The van der Waals surface area contributed by atoms with E-state index < -0.39 is 0 Å². The van der Waals surface area contributed by atoms with Gasteiger partial charge < -0.3 is 10.4 Å². The Hall–Kier alpha value is -1.97. The van der Waals surface area contributed by atoms with Gasteiger partial charge in [0.15, 0.2) is 11.5 Å². The molecule has 7 nitrogen and oxygen atoms in total. The highest BCUT2D eigenvalue weighted by atomic mass is 32.2. The summed E-state index contributed by atoms with van der Waals surface area (Å²) in [4.78, 5) is 12.9. The van der Waals surface area contributed by atoms with Gasteiger partial charge in [-0.2, -0.15) is 9.61 Å². The van der Waals surface area contributed by atoms with Crippen LogP contribution >= 0.6 is 23.1 Å². The van der Waals surface area contributed by atoms with E-state index in [1.165, 1.54) is 11.8 Å². The molecule has 0 aromatic carbocycles. The van der Waals surface area contributed by atoms with Gasteiger partial charge in [-0.15, -0.1) is 21.5 Å². The van der Waals surface area contributed by atoms with E-state index in [9.17, 15) is 4.79 Å². The van der Waals surface area contributed by atoms with Crippen LogP contribution in [-0.4, -0.2) is 49.2 Å². The van der Waals surface area contributed by atoms with Crippen LogP contribution in [-0.2, 0) is 4.79 Å². The molecule has 1 unspecified atom stereocenters. The van der Waals surface area contributed by atoms with Crippen LogP contribution in [0.3, 0.4) is 0 Å². The van der Waals surface area contributed by atoms with Crippen molar-refractivity contribution in [2.75, 3.05) is 13.2 Å². The minimum atomic E-state index is -0.312. The summed E-state index contributed by atoms with van der Waals surface area (Å²) in [6.07, 6.45) is 0. The summed E-state index contributed by atoms with van der Waals surface area (Å²) in [5.41, 5.74) is 0.662. The number of hydrogen-bond donors (Lipinski definition) is 2. The monoisotopic (exact) mass is 349 g/mol. The smallest absolute Gasteiger partial charge is 0.233 e. The zero-order valence-electron chi connectivity index (χ0n) is 12.3. The van der Waals surface area contributed by atoms with Gasteiger partial charge in [-0.25, -0.2) is 0 Å². The summed E-state index contributed by atoms with van der Waals surface area (Å²) in [5, 5.41) is 26.6. The Morgan fingerprint density at radius 2 is 2.30 bits per heavy atom. The molecule has 0 saturated heterocycles. The van der Waals surface area contributed by atoms with Gasteiger partial charge in [0.1, 0.15) is 5.03 Å². The second kappa shape index (κ2) is 7.07. The lowest BCUT2D eigenvalue weighted by atomic mass is 10.4. The summed E-state index contributed by atoms with van der Waals surface area (Å²) in [5.74, 6) is 0.558. The fourth-order valence-corrected chi connectivity index (χ4v) is 3.47. The van der Waals surface area contributed by atoms with E-state index in [2.05, 4.69) is 20.6 Å². The number of thioether (sulfide) groups is 1. The van der Waals surface area contributed by atoms with Gasteiger partial charge in [-0.1, -0.05) is 17.8 Å². The zero-order valence-corrected chi connectivity index (χ0v) is 14.0. The number of rotatable bonds is 6. The second-order valence-electron chi connectivity index (χ2n) is 4.72. The van der Waals surface area contributed by atoms with Crippen molar-refractivity contribution < 1.29 is 9.90 Å². The summed E-state index contributed by atoms with van der Waals surface area (Å²) >= 11 is 2.92. The molecule has 1 atom stereocenters. The zero-order chi connectivity index (χ0) is 16.2. The lowest BCUT2D eigenvalue weighted by Gasteiger charge is -2.10. The van der Waals surface area contributed by atoms with E-state index in [0.717, 1.165) is 4.88 Å². The number of aliphatic hydroxyl groups excluding tert-OH is 1. The van der Waals surface area contributed by atoms with E-state index >= 15 is 0 Å². The van der Waals surface area contributed by atoms with Gasteiger partial charge in [0, 0.05) is 6.54 Å². The Morgan fingerprint density at radius 1 is 1.43 bits per heavy atom. The molecular weight excluding hydrogens is 334 g/mol. The van der Waals surface area contributed by atoms with Gasteiger partial charge in [0.2, 0.25) is 5.91 Å². The number of nitrogens with zero attached hydrogens (tertiary/aromatic N) is 4. The molecule has 0 saturated carbocycles. The lowest BCUT2D eigenvalue weighted by Crippen LogP contribution is -2.33. The first kappa shape index (κ1) is 15.9. The Kier molecular flexibility index (Phi) is 4.89. The number of hydrogen-bond acceptors (Lipinski definition) is 7. The molecule has 0 bridgehead atoms. The molecule has 3 rings (SSSR count). The van der Waals surface area contributed by atoms with Crippen LogP contribution in [0, 0.1) is 0 Å². The first-order valence-electron chi connectivity index (χ1n) is 7.00. The molecule has 23 heavy (non-hydrogen) atoms. The standard InChI is InChI=1S/C14H15N5O2S2/c1-9(14(21)15-6-7-20)23-12-5-4-11-16-17-13(19(11)18-12)10-3-2-8-22-10/h2-5,8-9,20H,6-7H2,1H3,(H,15,21). The van der Waals surface area contributed by atoms with Crippen molar-refractivity contribution in [3.63, 3.8) is 0 Å². The third-order valence-corrected chi connectivity index (χ3v) is 4.95. The quantitative estimate of drug-likeness (QED) is 0.654. The maximum atomic E-state index is 11.9. The molecule has 0 aliphatic heterocycles. The SMILES string of the molecule is CC(Sc1ccc2nnc(-c3cccs3)n2n1)C(=O)NCCO. The lowest BCUT2D eigenvalue weighted by molar-refractivity contribution is -0.120. The molecular formula is C14H15N5O2S2. The Bertz CT molecular complexity index is 803. The minimum Gasteiger partial charge on any atom is -0.395 e. The largest absolute Gasteiger partial charge is 0.395 e. The highest BCUT2D eigenvalue weighted by Gasteiger charge is 2.16. The molecule has 3 aromatic rings. The minimum absolute atomic E-state index is 0.0712. The van der Waals surface area contributed by atoms with Crippen molar-refractivity contribution in [2.45, 2.75) is 17.2 Å². The third-order valence-electron chi connectivity index (χ3n) is 3.06. The van der Waals surface area contributed by atoms with Crippen molar-refractivity contribution in [3.8, 4) is 10.7 Å². The Labute approximate surface area is 140 Å². The van der Waals surface area contributed by atoms with Crippen molar-refractivity contribution in [1.29, 1.82) is 0 Å². The predicted molar refractivity (Wildman–Crippen MR) is 89.5 cm³/mol. The number of thiophene rings is 1. The summed E-state index contributed by atoms with van der Waals surface area (Å²) in [7, 11) is 0. The third kappa shape index (κ3) is 3.52. The van der Waals surface area contributed by atoms with E-state index in [4.69, 9.17) is 5.11 Å². The van der Waals surface area contributed by atoms with E-state index in [1.54, 1.807) is 22.8 Å². The molecule has 3 aromatic heterocycles. The van der Waals surface area contributed by atoms with Gasteiger partial charge in [-0.05, 0) is 30.5 Å². The number of carbonyl (C=O) groups excluding carboxylic acids is 1. The number of nitrogens with one attached hydrogen (secondary N) is 1. The topological polar surface area (TPSA) is 92.4 Å². The van der Waals surface area contributed by atoms with Crippen LogP contribution < -0.4 is 5.32 Å². The number of fused-ring (bicyclic) bond motifs is 1. The van der Waals surface area contributed by atoms with Crippen LogP contribution in [0.15, 0.2) is 34.7 Å². The highest BCUT2D eigenvalue weighted by molar-refractivity contribution is 8.00. The Balaban J connectivity index is 1.82. The molecule has 3 heterocycles. The van der Waals surface area contributed by atoms with Crippen LogP contribution in [0.5, 0.6) is 0 Å². The first-order chi connectivity index (χ1) is 11.2. The van der Waals surface area contributed by atoms with Crippen molar-refractivity contribution in [3.05, 3.63) is 29.6 Å². The van der Waals surface area contributed by atoms with Gasteiger partial charge in [0.05, 0.1) is 16.7 Å². The number of carbonyl (C=O) groups is 1. The fraction of sp³-hybridized carbons (Fsp3) is 0.286. The van der Waals surface area contributed by atoms with Crippen LogP contribution in [0.4, 0.5) is 0 Å².